The minimum atomic E-state index is -0.444. The molecule has 0 bridgehead atoms. The van der Waals surface area contributed by atoms with Gasteiger partial charge in [-0.25, -0.2) is 14.4 Å². The monoisotopic (exact) mass is 303 g/mol. The first-order valence-corrected chi connectivity index (χ1v) is 7.14. The maximum absolute atomic E-state index is 12.9. The highest BCUT2D eigenvalue weighted by molar-refractivity contribution is 5.92. The van der Waals surface area contributed by atoms with Gasteiger partial charge in [-0.3, -0.25) is 9.69 Å². The van der Waals surface area contributed by atoms with Gasteiger partial charge in [0.15, 0.2) is 0 Å². The van der Waals surface area contributed by atoms with Crippen LogP contribution in [-0.2, 0) is 7.05 Å². The fourth-order valence-corrected chi connectivity index (χ4v) is 2.70. The summed E-state index contributed by atoms with van der Waals surface area (Å²) in [6, 6.07) is 2.72. The van der Waals surface area contributed by atoms with E-state index in [1.807, 2.05) is 24.9 Å². The van der Waals surface area contributed by atoms with Crippen molar-refractivity contribution >= 4 is 5.91 Å². The second-order valence-electron chi connectivity index (χ2n) is 5.51. The van der Waals surface area contributed by atoms with Gasteiger partial charge in [-0.15, -0.1) is 0 Å². The summed E-state index contributed by atoms with van der Waals surface area (Å²) in [7, 11) is 3.97. The molecule has 1 aliphatic rings. The quantitative estimate of drug-likeness (QED) is 0.833. The molecule has 1 aliphatic heterocycles. The number of aromatic nitrogens is 3. The Kier molecular flexibility index (Phi) is 3.89. The third-order valence-electron chi connectivity index (χ3n) is 4.04. The highest BCUT2D eigenvalue weighted by Gasteiger charge is 2.31. The molecule has 0 aliphatic carbocycles. The molecule has 0 saturated carbocycles. The number of piperazine rings is 1. The predicted octanol–water partition coefficient (Wildman–Crippen LogP) is 1.08. The van der Waals surface area contributed by atoms with Gasteiger partial charge < -0.3 is 9.47 Å². The molecule has 1 amide bonds. The summed E-state index contributed by atoms with van der Waals surface area (Å²) in [5, 5.41) is 0. The summed E-state index contributed by atoms with van der Waals surface area (Å²) >= 11 is 0. The van der Waals surface area contributed by atoms with E-state index < -0.39 is 5.82 Å². The number of nitrogens with zero attached hydrogens (tertiary/aromatic N) is 5. The number of pyridine rings is 1. The lowest BCUT2D eigenvalue weighted by atomic mass is 10.1. The number of hydrogen-bond donors (Lipinski definition) is 0. The average Bonchev–Trinajstić information content (AvgIpc) is 2.94. The van der Waals surface area contributed by atoms with Crippen molar-refractivity contribution in [2.24, 2.45) is 7.05 Å². The Morgan fingerprint density at radius 3 is 2.73 bits per heavy atom. The van der Waals surface area contributed by atoms with Gasteiger partial charge in [0.25, 0.3) is 5.91 Å². The minimum Gasteiger partial charge on any atom is -0.337 e. The zero-order valence-corrected chi connectivity index (χ0v) is 12.6. The van der Waals surface area contributed by atoms with Gasteiger partial charge in [0.05, 0.1) is 12.2 Å². The molecule has 7 heteroatoms. The van der Waals surface area contributed by atoms with Gasteiger partial charge >= 0.3 is 0 Å². The molecule has 0 N–H and O–H groups in total. The molecule has 3 heterocycles. The van der Waals surface area contributed by atoms with Crippen molar-refractivity contribution < 1.29 is 9.18 Å². The summed E-state index contributed by atoms with van der Waals surface area (Å²) in [6.45, 7) is 1.92. The Morgan fingerprint density at radius 2 is 2.09 bits per heavy atom. The number of rotatable bonds is 2. The molecule has 1 fully saturated rings. The van der Waals surface area contributed by atoms with Crippen molar-refractivity contribution in [1.82, 2.24) is 24.3 Å². The highest BCUT2D eigenvalue weighted by Crippen LogP contribution is 2.23. The topological polar surface area (TPSA) is 54.3 Å². The maximum atomic E-state index is 12.9. The minimum absolute atomic E-state index is 0.0400. The van der Waals surface area contributed by atoms with Crippen LogP contribution in [0.15, 0.2) is 30.7 Å². The molecule has 22 heavy (non-hydrogen) atoms. The van der Waals surface area contributed by atoms with E-state index in [2.05, 4.69) is 14.9 Å². The van der Waals surface area contributed by atoms with Crippen LogP contribution in [0, 0.1) is 5.82 Å². The predicted molar refractivity (Wildman–Crippen MR) is 78.7 cm³/mol. The number of amides is 1. The van der Waals surface area contributed by atoms with Crippen molar-refractivity contribution in [2.75, 3.05) is 26.7 Å². The van der Waals surface area contributed by atoms with Crippen molar-refractivity contribution in [3.63, 3.8) is 0 Å². The van der Waals surface area contributed by atoms with Crippen molar-refractivity contribution in [2.45, 2.75) is 6.04 Å². The molecule has 0 spiro atoms. The lowest BCUT2D eigenvalue weighted by Gasteiger charge is -2.38. The van der Waals surface area contributed by atoms with Crippen LogP contribution >= 0.6 is 0 Å². The van der Waals surface area contributed by atoms with Crippen molar-refractivity contribution in [1.29, 1.82) is 0 Å². The zero-order valence-electron chi connectivity index (χ0n) is 12.6. The number of aryl methyl sites for hydroxylation is 1. The van der Waals surface area contributed by atoms with E-state index >= 15 is 0 Å². The van der Waals surface area contributed by atoms with E-state index in [0.717, 1.165) is 18.6 Å². The van der Waals surface area contributed by atoms with Crippen LogP contribution < -0.4 is 0 Å². The van der Waals surface area contributed by atoms with Crippen LogP contribution in [0.4, 0.5) is 4.39 Å². The Labute approximate surface area is 128 Å². The molecule has 2 aromatic heterocycles. The van der Waals surface area contributed by atoms with Crippen LogP contribution in [-0.4, -0.2) is 56.9 Å². The Balaban J connectivity index is 1.79. The third-order valence-corrected chi connectivity index (χ3v) is 4.04. The van der Waals surface area contributed by atoms with E-state index in [1.165, 1.54) is 12.1 Å². The number of halogens is 1. The molecule has 1 unspecified atom stereocenters. The number of carbonyl (C=O) groups excluding carboxylic acids is 1. The first-order valence-electron chi connectivity index (χ1n) is 7.14. The molecule has 1 saturated heterocycles. The lowest BCUT2D eigenvalue weighted by Crippen LogP contribution is -2.49. The second-order valence-corrected chi connectivity index (χ2v) is 5.51. The van der Waals surface area contributed by atoms with E-state index in [4.69, 9.17) is 0 Å². The summed E-state index contributed by atoms with van der Waals surface area (Å²) in [5.41, 5.74) is 0.268. The first kappa shape index (κ1) is 14.6. The van der Waals surface area contributed by atoms with Gasteiger partial charge in [-0.05, 0) is 19.2 Å². The standard InChI is InChI=1S/C15H18FN5O/c1-19-7-8-21(10-13(19)14-17-5-6-20(14)2)15(22)12-4-3-11(16)9-18-12/h3-6,9,13H,7-8,10H2,1-2H3. The summed E-state index contributed by atoms with van der Waals surface area (Å²) in [5.74, 6) is 0.306. The molecule has 116 valence electrons. The van der Waals surface area contributed by atoms with Crippen LogP contribution in [0.3, 0.4) is 0 Å². The van der Waals surface area contributed by atoms with Crippen molar-refractivity contribution in [3.05, 3.63) is 48.1 Å². The molecular formula is C15H18FN5O. The Bertz CT molecular complexity index is 669. The Hall–Kier alpha value is -2.28. The summed E-state index contributed by atoms with van der Waals surface area (Å²) < 4.78 is 14.9. The molecule has 2 aromatic rings. The normalized spacial score (nSPS) is 19.4. The molecular weight excluding hydrogens is 285 g/mol. The zero-order chi connectivity index (χ0) is 15.7. The highest BCUT2D eigenvalue weighted by atomic mass is 19.1. The number of imidazole rings is 1. The molecule has 0 aromatic carbocycles. The van der Waals surface area contributed by atoms with Crippen molar-refractivity contribution in [3.8, 4) is 0 Å². The van der Waals surface area contributed by atoms with Crippen LogP contribution in [0.1, 0.15) is 22.4 Å². The maximum Gasteiger partial charge on any atom is 0.272 e. The molecule has 1 atom stereocenters. The molecule has 0 radical (unpaired) electrons. The molecule has 6 nitrogen and oxygen atoms in total. The van der Waals surface area contributed by atoms with Gasteiger partial charge in [0.1, 0.15) is 17.3 Å². The summed E-state index contributed by atoms with van der Waals surface area (Å²) in [4.78, 5) is 24.7. The fraction of sp³-hybridized carbons (Fsp3) is 0.400. The van der Waals surface area contributed by atoms with Crippen LogP contribution in [0.5, 0.6) is 0 Å². The number of likely N-dealkylation sites (N-methyl/N-ethyl adjacent to an activating group) is 1. The van der Waals surface area contributed by atoms with E-state index in [0.29, 0.717) is 13.1 Å². The fourth-order valence-electron chi connectivity index (χ4n) is 2.70. The van der Waals surface area contributed by atoms with Gasteiger partial charge in [-0.1, -0.05) is 0 Å². The largest absolute Gasteiger partial charge is 0.337 e. The van der Waals surface area contributed by atoms with E-state index in [1.54, 1.807) is 11.1 Å². The van der Waals surface area contributed by atoms with Gasteiger partial charge in [0.2, 0.25) is 0 Å². The van der Waals surface area contributed by atoms with E-state index in [9.17, 15) is 9.18 Å². The number of hydrogen-bond acceptors (Lipinski definition) is 4. The Morgan fingerprint density at radius 1 is 1.27 bits per heavy atom. The smallest absolute Gasteiger partial charge is 0.272 e. The number of carbonyl (C=O) groups is 1. The van der Waals surface area contributed by atoms with Crippen LogP contribution in [0.25, 0.3) is 0 Å². The molecule has 3 rings (SSSR count). The lowest BCUT2D eigenvalue weighted by molar-refractivity contribution is 0.0523. The average molecular weight is 303 g/mol. The SMILES string of the molecule is CN1CCN(C(=O)c2ccc(F)cn2)CC1c1nccn1C. The van der Waals surface area contributed by atoms with Gasteiger partial charge in [-0.2, -0.15) is 0 Å². The van der Waals surface area contributed by atoms with E-state index in [-0.39, 0.29) is 17.6 Å². The van der Waals surface area contributed by atoms with Crippen LogP contribution in [0.2, 0.25) is 0 Å². The van der Waals surface area contributed by atoms with Gasteiger partial charge in [0, 0.05) is 39.1 Å². The second kappa shape index (κ2) is 5.84. The third kappa shape index (κ3) is 2.71. The first-order chi connectivity index (χ1) is 10.6. The summed E-state index contributed by atoms with van der Waals surface area (Å²) in [6.07, 6.45) is 4.72.